The van der Waals surface area contributed by atoms with Crippen LogP contribution in [-0.4, -0.2) is 30.4 Å². The summed E-state index contributed by atoms with van der Waals surface area (Å²) in [4.78, 5) is 8.85. The number of hydrogen-bond acceptors (Lipinski definition) is 6. The van der Waals surface area contributed by atoms with Gasteiger partial charge in [0.2, 0.25) is 0 Å². The Morgan fingerprint density at radius 3 is 2.50 bits per heavy atom. The van der Waals surface area contributed by atoms with Crippen LogP contribution in [0.15, 0.2) is 59.7 Å². The van der Waals surface area contributed by atoms with Crippen LogP contribution < -0.4 is 14.9 Å². The Morgan fingerprint density at radius 1 is 0.962 bits per heavy atom. The minimum Gasteiger partial charge on any atom is -0.497 e. The summed E-state index contributed by atoms with van der Waals surface area (Å²) in [6.07, 6.45) is 1.68. The van der Waals surface area contributed by atoms with Gasteiger partial charge in [0, 0.05) is 23.3 Å². The van der Waals surface area contributed by atoms with E-state index in [1.165, 1.54) is 0 Å². The van der Waals surface area contributed by atoms with Crippen molar-refractivity contribution in [3.8, 4) is 22.8 Å². The molecule has 6 heteroatoms. The van der Waals surface area contributed by atoms with Crippen molar-refractivity contribution in [3.63, 3.8) is 0 Å². The van der Waals surface area contributed by atoms with E-state index in [0.29, 0.717) is 17.4 Å². The number of nitrogens with zero attached hydrogens (tertiary/aromatic N) is 3. The van der Waals surface area contributed by atoms with E-state index < -0.39 is 0 Å². The topological polar surface area (TPSA) is 68.6 Å². The molecule has 1 N–H and O–H groups in total. The zero-order valence-corrected chi connectivity index (χ0v) is 14.9. The molecule has 0 saturated carbocycles. The number of methoxy groups -OCH3 is 2. The first-order chi connectivity index (χ1) is 12.7. The van der Waals surface area contributed by atoms with E-state index in [1.54, 1.807) is 20.4 Å². The minimum absolute atomic E-state index is 0.625. The van der Waals surface area contributed by atoms with E-state index in [1.807, 2.05) is 61.5 Å². The number of aromatic nitrogens is 2. The van der Waals surface area contributed by atoms with Gasteiger partial charge in [-0.15, -0.1) is 0 Å². The normalized spacial score (nSPS) is 10.7. The van der Waals surface area contributed by atoms with Crippen molar-refractivity contribution in [3.05, 3.63) is 66.0 Å². The summed E-state index contributed by atoms with van der Waals surface area (Å²) in [5, 5.41) is 4.27. The molecular weight excluding hydrogens is 328 g/mol. The maximum Gasteiger partial charge on any atom is 0.150 e. The molecule has 0 radical (unpaired) electrons. The summed E-state index contributed by atoms with van der Waals surface area (Å²) in [5.41, 5.74) is 5.66. The van der Waals surface area contributed by atoms with Gasteiger partial charge in [-0.05, 0) is 19.1 Å². The van der Waals surface area contributed by atoms with E-state index in [-0.39, 0.29) is 0 Å². The van der Waals surface area contributed by atoms with Crippen LogP contribution in [0.2, 0.25) is 0 Å². The highest BCUT2D eigenvalue weighted by Crippen LogP contribution is 2.23. The predicted molar refractivity (Wildman–Crippen MR) is 103 cm³/mol. The maximum absolute atomic E-state index is 5.36. The standard InChI is InChI=1S/C20H20N4O2/c1-14-22-18(15-7-5-4-6-8-15)12-20(23-14)24-21-13-16-9-10-17(25-2)11-19(16)26-3/h4-13H,1-3H3,(H,22,23,24). The first-order valence-corrected chi connectivity index (χ1v) is 8.12. The molecule has 0 atom stereocenters. The summed E-state index contributed by atoms with van der Waals surface area (Å²) in [6.45, 7) is 1.85. The van der Waals surface area contributed by atoms with E-state index in [2.05, 4.69) is 20.5 Å². The molecule has 0 fully saturated rings. The van der Waals surface area contributed by atoms with E-state index >= 15 is 0 Å². The Bertz CT molecular complexity index is 911. The smallest absolute Gasteiger partial charge is 0.150 e. The minimum atomic E-state index is 0.625. The molecule has 0 aliphatic carbocycles. The third kappa shape index (κ3) is 4.16. The second-order valence-corrected chi connectivity index (χ2v) is 5.53. The Labute approximate surface area is 152 Å². The van der Waals surface area contributed by atoms with Crippen molar-refractivity contribution in [2.75, 3.05) is 19.6 Å². The summed E-state index contributed by atoms with van der Waals surface area (Å²) >= 11 is 0. The fourth-order valence-corrected chi connectivity index (χ4v) is 2.47. The Hall–Kier alpha value is -3.41. The Balaban J connectivity index is 1.80. The number of benzene rings is 2. The molecule has 0 aliphatic heterocycles. The molecule has 3 rings (SSSR count). The average Bonchev–Trinajstić information content (AvgIpc) is 2.68. The second-order valence-electron chi connectivity index (χ2n) is 5.53. The molecule has 0 bridgehead atoms. The monoisotopic (exact) mass is 348 g/mol. The molecule has 1 heterocycles. The first-order valence-electron chi connectivity index (χ1n) is 8.12. The number of anilines is 1. The number of rotatable bonds is 6. The largest absolute Gasteiger partial charge is 0.497 e. The van der Waals surface area contributed by atoms with Crippen molar-refractivity contribution < 1.29 is 9.47 Å². The van der Waals surface area contributed by atoms with E-state index in [0.717, 1.165) is 22.6 Å². The van der Waals surface area contributed by atoms with Crippen LogP contribution in [0.3, 0.4) is 0 Å². The number of ether oxygens (including phenoxy) is 2. The van der Waals surface area contributed by atoms with Gasteiger partial charge in [-0.1, -0.05) is 30.3 Å². The molecule has 6 nitrogen and oxygen atoms in total. The molecule has 26 heavy (non-hydrogen) atoms. The average molecular weight is 348 g/mol. The summed E-state index contributed by atoms with van der Waals surface area (Å²) in [7, 11) is 3.23. The number of nitrogens with one attached hydrogen (secondary N) is 1. The zero-order chi connectivity index (χ0) is 18.4. The van der Waals surface area contributed by atoms with Crippen LogP contribution in [0, 0.1) is 6.92 Å². The van der Waals surface area contributed by atoms with Gasteiger partial charge in [0.05, 0.1) is 26.1 Å². The summed E-state index contributed by atoms with van der Waals surface area (Å²) in [6, 6.07) is 17.4. The van der Waals surface area contributed by atoms with Crippen molar-refractivity contribution in [2.45, 2.75) is 6.92 Å². The predicted octanol–water partition coefficient (Wildman–Crippen LogP) is 3.92. The van der Waals surface area contributed by atoms with Crippen LogP contribution in [0.5, 0.6) is 11.5 Å². The van der Waals surface area contributed by atoms with Gasteiger partial charge in [0.25, 0.3) is 0 Å². The van der Waals surface area contributed by atoms with Gasteiger partial charge < -0.3 is 9.47 Å². The lowest BCUT2D eigenvalue weighted by Gasteiger charge is -2.07. The highest BCUT2D eigenvalue weighted by molar-refractivity contribution is 5.84. The zero-order valence-electron chi connectivity index (χ0n) is 14.9. The van der Waals surface area contributed by atoms with Gasteiger partial charge >= 0.3 is 0 Å². The highest BCUT2D eigenvalue weighted by atomic mass is 16.5. The van der Waals surface area contributed by atoms with Crippen molar-refractivity contribution in [1.29, 1.82) is 0 Å². The summed E-state index contributed by atoms with van der Waals surface area (Å²) < 4.78 is 10.6. The fraction of sp³-hybridized carbons (Fsp3) is 0.150. The molecule has 0 spiro atoms. The quantitative estimate of drug-likeness (QED) is 0.540. The molecule has 0 unspecified atom stereocenters. The molecule has 0 amide bonds. The molecule has 0 saturated heterocycles. The van der Waals surface area contributed by atoms with Gasteiger partial charge in [0.1, 0.15) is 23.1 Å². The van der Waals surface area contributed by atoms with Crippen LogP contribution in [0.1, 0.15) is 11.4 Å². The van der Waals surface area contributed by atoms with E-state index in [4.69, 9.17) is 9.47 Å². The molecular formula is C20H20N4O2. The summed E-state index contributed by atoms with van der Waals surface area (Å²) in [5.74, 6) is 2.70. The van der Waals surface area contributed by atoms with Crippen LogP contribution in [-0.2, 0) is 0 Å². The van der Waals surface area contributed by atoms with Crippen molar-refractivity contribution in [1.82, 2.24) is 9.97 Å². The molecule has 3 aromatic rings. The second kappa shape index (κ2) is 8.11. The van der Waals surface area contributed by atoms with E-state index in [9.17, 15) is 0 Å². The van der Waals surface area contributed by atoms with Gasteiger partial charge in [0.15, 0.2) is 0 Å². The fourth-order valence-electron chi connectivity index (χ4n) is 2.47. The lowest BCUT2D eigenvalue weighted by Crippen LogP contribution is -1.99. The molecule has 132 valence electrons. The van der Waals surface area contributed by atoms with Gasteiger partial charge in [-0.3, -0.25) is 5.43 Å². The third-order valence-corrected chi connectivity index (χ3v) is 3.73. The lowest BCUT2D eigenvalue weighted by atomic mass is 10.1. The highest BCUT2D eigenvalue weighted by Gasteiger charge is 2.05. The third-order valence-electron chi connectivity index (χ3n) is 3.73. The van der Waals surface area contributed by atoms with Crippen LogP contribution in [0.4, 0.5) is 5.82 Å². The van der Waals surface area contributed by atoms with Gasteiger partial charge in [-0.25, -0.2) is 9.97 Å². The SMILES string of the molecule is COc1ccc(C=NNc2cc(-c3ccccc3)nc(C)n2)c(OC)c1. The van der Waals surface area contributed by atoms with Crippen molar-refractivity contribution in [2.24, 2.45) is 5.10 Å². The number of hydrogen-bond donors (Lipinski definition) is 1. The first kappa shape index (κ1) is 17.4. The van der Waals surface area contributed by atoms with Crippen LogP contribution >= 0.6 is 0 Å². The van der Waals surface area contributed by atoms with Crippen molar-refractivity contribution >= 4 is 12.0 Å². The van der Waals surface area contributed by atoms with Gasteiger partial charge in [-0.2, -0.15) is 5.10 Å². The number of hydrazone groups is 1. The molecule has 0 aliphatic rings. The maximum atomic E-state index is 5.36. The Morgan fingerprint density at radius 2 is 1.77 bits per heavy atom. The molecule has 1 aromatic heterocycles. The van der Waals surface area contributed by atoms with Crippen LogP contribution in [0.25, 0.3) is 11.3 Å². The molecule has 2 aromatic carbocycles. The number of aryl methyl sites for hydroxylation is 1. The lowest BCUT2D eigenvalue weighted by molar-refractivity contribution is 0.394. The Kier molecular flexibility index (Phi) is 5.43.